The largest absolute Gasteiger partial charge is 0.517 e. The first-order chi connectivity index (χ1) is 10.2. The van der Waals surface area contributed by atoms with Crippen LogP contribution in [-0.4, -0.2) is 41.4 Å². The zero-order valence-corrected chi connectivity index (χ0v) is 14.2. The zero-order valence-electron chi connectivity index (χ0n) is 13.5. The molecule has 0 aromatic heterocycles. The average molecular weight is 320 g/mol. The molecule has 0 unspecified atom stereocenters. The van der Waals surface area contributed by atoms with Crippen LogP contribution in [0.25, 0.3) is 0 Å². The Bertz CT molecular complexity index is 607. The fourth-order valence-corrected chi connectivity index (χ4v) is 3.11. The molecule has 0 saturated carbocycles. The highest BCUT2D eigenvalue weighted by Gasteiger charge is 2.45. The molecule has 0 N–H and O–H groups in total. The molecule has 2 aliphatic heterocycles. The standard InChI is InChI=1S/C16H21BClN2O2/c1-15(2)10-21-13(19-15)17(18,12-8-6-5-7-9-12)14-20-16(3,4)11-22-14/h5-9H,10-11H2,1-4H3/q-1. The van der Waals surface area contributed by atoms with Gasteiger partial charge in [-0.15, -0.1) is 0 Å². The van der Waals surface area contributed by atoms with E-state index in [0.717, 1.165) is 5.46 Å². The molecule has 1 aromatic rings. The van der Waals surface area contributed by atoms with Gasteiger partial charge in [0.25, 0.3) is 5.56 Å². The molecule has 1 aromatic carbocycles. The van der Waals surface area contributed by atoms with E-state index in [1.54, 1.807) is 0 Å². The first-order valence-electron chi connectivity index (χ1n) is 7.58. The fourth-order valence-electron chi connectivity index (χ4n) is 2.74. The number of benzene rings is 1. The molecular formula is C16H21BClN2O2-. The number of nitrogens with zero attached hydrogens (tertiary/aromatic N) is 2. The number of hydrogen-bond donors (Lipinski definition) is 0. The molecule has 22 heavy (non-hydrogen) atoms. The summed E-state index contributed by atoms with van der Waals surface area (Å²) < 4.78 is 11.7. The van der Waals surface area contributed by atoms with Crippen LogP contribution in [0.15, 0.2) is 40.3 Å². The lowest BCUT2D eigenvalue weighted by atomic mass is 9.42. The van der Waals surface area contributed by atoms with Crippen molar-refractivity contribution in [1.29, 1.82) is 0 Å². The van der Waals surface area contributed by atoms with Gasteiger partial charge in [0.15, 0.2) is 0 Å². The minimum absolute atomic E-state index is 0.277. The number of rotatable bonds is 3. The molecule has 0 atom stereocenters. The molecule has 0 fully saturated rings. The maximum Gasteiger partial charge on any atom is 0.281 e. The average Bonchev–Trinajstić information content (AvgIpc) is 3.01. The fraction of sp³-hybridized carbons (Fsp3) is 0.500. The highest BCUT2D eigenvalue weighted by molar-refractivity contribution is 7.55. The van der Waals surface area contributed by atoms with Crippen molar-refractivity contribution in [3.8, 4) is 0 Å². The van der Waals surface area contributed by atoms with E-state index in [1.807, 2.05) is 58.0 Å². The van der Waals surface area contributed by atoms with E-state index >= 15 is 0 Å². The maximum absolute atomic E-state index is 7.08. The Labute approximate surface area is 136 Å². The Morgan fingerprint density at radius 1 is 0.909 bits per heavy atom. The molecule has 2 heterocycles. The molecule has 2 aliphatic rings. The van der Waals surface area contributed by atoms with Crippen molar-refractivity contribution in [2.75, 3.05) is 13.2 Å². The molecule has 0 amide bonds. The van der Waals surface area contributed by atoms with Gasteiger partial charge in [-0.05, 0) is 27.7 Å². The monoisotopic (exact) mass is 319 g/mol. The van der Waals surface area contributed by atoms with Crippen LogP contribution in [0.5, 0.6) is 0 Å². The summed E-state index contributed by atoms with van der Waals surface area (Å²) >= 11 is 7.08. The summed E-state index contributed by atoms with van der Waals surface area (Å²) in [6, 6.07) is 9.81. The Morgan fingerprint density at radius 3 is 1.73 bits per heavy atom. The number of hydrogen-bond acceptors (Lipinski definition) is 4. The van der Waals surface area contributed by atoms with Crippen molar-refractivity contribution in [1.82, 2.24) is 0 Å². The van der Waals surface area contributed by atoms with Gasteiger partial charge in [-0.3, -0.25) is 9.98 Å². The summed E-state index contributed by atoms with van der Waals surface area (Å²) in [5.74, 6) is 1.05. The molecular weight excluding hydrogens is 298 g/mol. The van der Waals surface area contributed by atoms with Gasteiger partial charge in [0.05, 0.1) is 11.1 Å². The first kappa shape index (κ1) is 15.4. The van der Waals surface area contributed by atoms with Crippen molar-refractivity contribution in [2.45, 2.75) is 38.8 Å². The van der Waals surface area contributed by atoms with Crippen molar-refractivity contribution in [3.63, 3.8) is 0 Å². The second kappa shape index (κ2) is 5.02. The van der Waals surface area contributed by atoms with Crippen LogP contribution in [0, 0.1) is 0 Å². The molecule has 4 nitrogen and oxygen atoms in total. The Hall–Kier alpha value is -1.49. The quantitative estimate of drug-likeness (QED) is 0.804. The van der Waals surface area contributed by atoms with Gasteiger partial charge in [0, 0.05) is 11.6 Å². The SMILES string of the molecule is CC1(C)COC([B-](Cl)(C2=NC(C)(C)CO2)c2ccccc2)=N1. The van der Waals surface area contributed by atoms with E-state index in [-0.39, 0.29) is 11.1 Å². The predicted octanol–water partition coefficient (Wildman–Crippen LogP) is 2.57. The van der Waals surface area contributed by atoms with Crippen LogP contribution in [-0.2, 0) is 9.47 Å². The van der Waals surface area contributed by atoms with Crippen LogP contribution in [0.2, 0.25) is 0 Å². The Balaban J connectivity index is 2.12. The molecule has 0 radical (unpaired) electrons. The van der Waals surface area contributed by atoms with Crippen molar-refractivity contribution in [2.24, 2.45) is 9.98 Å². The van der Waals surface area contributed by atoms with Crippen molar-refractivity contribution >= 4 is 34.1 Å². The summed E-state index contributed by atoms with van der Waals surface area (Å²) in [4.78, 5) is 9.38. The summed E-state index contributed by atoms with van der Waals surface area (Å²) in [7, 11) is 0. The summed E-state index contributed by atoms with van der Waals surface area (Å²) in [5.41, 5.74) is -1.56. The Morgan fingerprint density at radius 2 is 1.36 bits per heavy atom. The zero-order chi connectivity index (χ0) is 16.0. The van der Waals surface area contributed by atoms with Gasteiger partial charge in [-0.25, -0.2) is 0 Å². The third-order valence-electron chi connectivity index (χ3n) is 3.91. The predicted molar refractivity (Wildman–Crippen MR) is 92.6 cm³/mol. The van der Waals surface area contributed by atoms with Crippen molar-refractivity contribution < 1.29 is 9.47 Å². The van der Waals surface area contributed by atoms with E-state index in [0.29, 0.717) is 24.8 Å². The molecule has 0 bridgehead atoms. The maximum atomic E-state index is 7.08. The van der Waals surface area contributed by atoms with E-state index in [1.165, 1.54) is 0 Å². The smallest absolute Gasteiger partial charge is 0.281 e. The molecule has 118 valence electrons. The normalized spacial score (nSPS) is 22.6. The molecule has 0 aliphatic carbocycles. The molecule has 3 rings (SSSR count). The van der Waals surface area contributed by atoms with E-state index in [2.05, 4.69) is 0 Å². The second-order valence-corrected chi connectivity index (χ2v) is 7.93. The second-order valence-electron chi connectivity index (χ2n) is 7.27. The highest BCUT2D eigenvalue weighted by atomic mass is 35.5. The highest BCUT2D eigenvalue weighted by Crippen LogP contribution is 2.29. The third-order valence-corrected chi connectivity index (χ3v) is 4.54. The van der Waals surface area contributed by atoms with E-state index < -0.39 is 5.56 Å². The molecule has 0 spiro atoms. The minimum Gasteiger partial charge on any atom is -0.517 e. The lowest BCUT2D eigenvalue weighted by Crippen LogP contribution is -2.58. The molecule has 6 heteroatoms. The Kier molecular flexibility index (Phi) is 3.51. The van der Waals surface area contributed by atoms with Gasteiger partial charge in [0.1, 0.15) is 13.2 Å². The van der Waals surface area contributed by atoms with Gasteiger partial charge < -0.3 is 20.9 Å². The third kappa shape index (κ3) is 2.63. The number of aliphatic imine (C=N–C) groups is 2. The lowest BCUT2D eigenvalue weighted by molar-refractivity contribution is 0.278. The lowest BCUT2D eigenvalue weighted by Gasteiger charge is -2.33. The minimum atomic E-state index is -1.92. The summed E-state index contributed by atoms with van der Waals surface area (Å²) in [6.45, 7) is 9.14. The van der Waals surface area contributed by atoms with E-state index in [9.17, 15) is 0 Å². The number of ether oxygens (including phenoxy) is 2. The van der Waals surface area contributed by atoms with Gasteiger partial charge >= 0.3 is 0 Å². The van der Waals surface area contributed by atoms with Crippen LogP contribution < -0.4 is 5.46 Å². The summed E-state index contributed by atoms with van der Waals surface area (Å²) in [6.07, 6.45) is 0. The van der Waals surface area contributed by atoms with Crippen LogP contribution >= 0.6 is 11.5 Å². The van der Waals surface area contributed by atoms with Crippen LogP contribution in [0.4, 0.5) is 0 Å². The molecule has 0 saturated heterocycles. The first-order valence-corrected chi connectivity index (χ1v) is 8.02. The summed E-state index contributed by atoms with van der Waals surface area (Å²) in [5, 5.41) is 0. The van der Waals surface area contributed by atoms with Crippen LogP contribution in [0.3, 0.4) is 0 Å². The van der Waals surface area contributed by atoms with Gasteiger partial charge in [0.2, 0.25) is 0 Å². The van der Waals surface area contributed by atoms with Crippen molar-refractivity contribution in [3.05, 3.63) is 30.3 Å². The topological polar surface area (TPSA) is 43.2 Å². The van der Waals surface area contributed by atoms with Gasteiger partial charge in [-0.2, -0.15) is 5.46 Å². The van der Waals surface area contributed by atoms with Crippen LogP contribution in [0.1, 0.15) is 27.7 Å². The van der Waals surface area contributed by atoms with Gasteiger partial charge in [-0.1, -0.05) is 30.3 Å². The number of halogens is 1. The van der Waals surface area contributed by atoms with E-state index in [4.69, 9.17) is 30.9 Å².